The predicted molar refractivity (Wildman–Crippen MR) is 72.0 cm³/mol. The zero-order valence-corrected chi connectivity index (χ0v) is 12.0. The van der Waals surface area contributed by atoms with Gasteiger partial charge in [-0.2, -0.15) is 5.10 Å². The van der Waals surface area contributed by atoms with Gasteiger partial charge in [0.1, 0.15) is 0 Å². The fourth-order valence-electron chi connectivity index (χ4n) is 2.74. The van der Waals surface area contributed by atoms with E-state index in [4.69, 9.17) is 0 Å². The Kier molecular flexibility index (Phi) is 4.71. The van der Waals surface area contributed by atoms with Crippen LogP contribution in [0.3, 0.4) is 0 Å². The number of hydrogen-bond acceptors (Lipinski definition) is 3. The van der Waals surface area contributed by atoms with Crippen LogP contribution in [0.2, 0.25) is 0 Å². The van der Waals surface area contributed by atoms with Gasteiger partial charge in [-0.1, -0.05) is 13.8 Å². The molecule has 1 rings (SSSR count). The topological polar surface area (TPSA) is 33.1 Å². The van der Waals surface area contributed by atoms with Crippen LogP contribution in [0.4, 0.5) is 0 Å². The van der Waals surface area contributed by atoms with Crippen LogP contribution < -0.4 is 5.32 Å². The summed E-state index contributed by atoms with van der Waals surface area (Å²) in [7, 11) is 3.98. The van der Waals surface area contributed by atoms with Crippen LogP contribution in [0.25, 0.3) is 0 Å². The van der Waals surface area contributed by atoms with Gasteiger partial charge < -0.3 is 5.32 Å². The lowest BCUT2D eigenvalue weighted by molar-refractivity contribution is 0.0944. The van der Waals surface area contributed by atoms with Gasteiger partial charge in [-0.05, 0) is 34.0 Å². The van der Waals surface area contributed by atoms with Crippen molar-refractivity contribution in [2.24, 2.45) is 7.05 Å². The van der Waals surface area contributed by atoms with E-state index in [9.17, 15) is 0 Å². The van der Waals surface area contributed by atoms with Crippen molar-refractivity contribution >= 4 is 0 Å². The summed E-state index contributed by atoms with van der Waals surface area (Å²) in [5, 5.41) is 7.69. The van der Waals surface area contributed by atoms with Crippen LogP contribution >= 0.6 is 0 Å². The molecule has 0 aliphatic carbocycles. The van der Waals surface area contributed by atoms with Crippen molar-refractivity contribution in [3.8, 4) is 0 Å². The first kappa shape index (κ1) is 14.2. The smallest absolute Gasteiger partial charge is 0.0538 e. The summed E-state index contributed by atoms with van der Waals surface area (Å²) in [6, 6.07) is 0.288. The van der Waals surface area contributed by atoms with E-state index in [1.165, 1.54) is 5.56 Å². The molecule has 0 fully saturated rings. The summed E-state index contributed by atoms with van der Waals surface area (Å²) in [5.74, 6) is 0. The maximum absolute atomic E-state index is 4.27. The molecule has 0 amide bonds. The average Bonchev–Trinajstić information content (AvgIpc) is 2.66. The van der Waals surface area contributed by atoms with Crippen LogP contribution in [0.5, 0.6) is 0 Å². The highest BCUT2D eigenvalue weighted by Gasteiger charge is 2.34. The molecule has 1 atom stereocenters. The minimum absolute atomic E-state index is 0.0707. The number of nitrogens with zero attached hydrogens (tertiary/aromatic N) is 3. The molecular weight excluding hydrogens is 212 g/mol. The number of likely N-dealkylation sites (N-methyl/N-ethyl adjacent to an activating group) is 2. The Labute approximate surface area is 105 Å². The minimum Gasteiger partial charge on any atom is -0.311 e. The fourth-order valence-corrected chi connectivity index (χ4v) is 2.74. The first-order chi connectivity index (χ1) is 7.97. The largest absolute Gasteiger partial charge is 0.311 e. The van der Waals surface area contributed by atoms with Crippen molar-refractivity contribution < 1.29 is 0 Å². The molecule has 1 unspecified atom stereocenters. The molecule has 1 N–H and O–H groups in total. The highest BCUT2D eigenvalue weighted by molar-refractivity contribution is 5.16. The van der Waals surface area contributed by atoms with Crippen molar-refractivity contribution in [3.05, 3.63) is 18.0 Å². The molecule has 4 heteroatoms. The van der Waals surface area contributed by atoms with Crippen LogP contribution in [-0.2, 0) is 7.05 Å². The van der Waals surface area contributed by atoms with Crippen LogP contribution in [-0.4, -0.2) is 40.4 Å². The zero-order valence-electron chi connectivity index (χ0n) is 12.0. The summed E-state index contributed by atoms with van der Waals surface area (Å²) in [4.78, 5) is 2.47. The van der Waals surface area contributed by atoms with Gasteiger partial charge in [0.05, 0.1) is 12.2 Å². The summed E-state index contributed by atoms with van der Waals surface area (Å²) in [6.45, 7) is 11.1. The van der Waals surface area contributed by atoms with Crippen molar-refractivity contribution in [2.75, 3.05) is 20.1 Å². The quantitative estimate of drug-likeness (QED) is 0.820. The molecule has 0 aliphatic heterocycles. The van der Waals surface area contributed by atoms with Crippen LogP contribution in [0.1, 0.15) is 39.3 Å². The lowest BCUT2D eigenvalue weighted by Gasteiger charge is -2.43. The summed E-state index contributed by atoms with van der Waals surface area (Å²) in [6.07, 6.45) is 4.04. The molecule has 17 heavy (non-hydrogen) atoms. The van der Waals surface area contributed by atoms with Crippen molar-refractivity contribution in [1.82, 2.24) is 20.0 Å². The highest BCUT2D eigenvalue weighted by atomic mass is 15.3. The molecule has 1 aromatic rings. The first-order valence-corrected chi connectivity index (χ1v) is 6.38. The monoisotopic (exact) mass is 238 g/mol. The third-order valence-corrected chi connectivity index (χ3v) is 3.63. The van der Waals surface area contributed by atoms with E-state index in [0.717, 1.165) is 13.1 Å². The first-order valence-electron chi connectivity index (χ1n) is 6.38. The van der Waals surface area contributed by atoms with Gasteiger partial charge in [-0.3, -0.25) is 9.58 Å². The molecule has 0 saturated carbocycles. The van der Waals surface area contributed by atoms with Gasteiger partial charge in [0.2, 0.25) is 0 Å². The van der Waals surface area contributed by atoms with Gasteiger partial charge in [0.25, 0.3) is 0 Å². The number of nitrogens with one attached hydrogen (secondary N) is 1. The van der Waals surface area contributed by atoms with E-state index in [2.05, 4.69) is 49.2 Å². The average molecular weight is 238 g/mol. The van der Waals surface area contributed by atoms with E-state index < -0.39 is 0 Å². The van der Waals surface area contributed by atoms with Crippen LogP contribution in [0.15, 0.2) is 12.4 Å². The standard InChI is InChI=1S/C13H26N4/c1-7-17(8-2)13(3,4)12(14-5)11-9-15-16(6)10-11/h9-10,12,14H,7-8H2,1-6H3. The minimum atomic E-state index is 0.0707. The van der Waals surface area contributed by atoms with E-state index in [1.807, 2.05) is 25.0 Å². The van der Waals surface area contributed by atoms with Crippen molar-refractivity contribution in [2.45, 2.75) is 39.3 Å². The van der Waals surface area contributed by atoms with E-state index >= 15 is 0 Å². The van der Waals surface area contributed by atoms with Crippen molar-refractivity contribution in [3.63, 3.8) is 0 Å². The lowest BCUT2D eigenvalue weighted by atomic mass is 9.88. The van der Waals surface area contributed by atoms with E-state index in [1.54, 1.807) is 0 Å². The number of aryl methyl sites for hydroxylation is 1. The summed E-state index contributed by atoms with van der Waals surface area (Å²) < 4.78 is 1.86. The molecule has 1 heterocycles. The predicted octanol–water partition coefficient (Wildman–Crippen LogP) is 1.80. The fraction of sp³-hybridized carbons (Fsp3) is 0.769. The Morgan fingerprint density at radius 2 is 2.00 bits per heavy atom. The zero-order chi connectivity index (χ0) is 13.1. The van der Waals surface area contributed by atoms with Gasteiger partial charge >= 0.3 is 0 Å². The second-order valence-corrected chi connectivity index (χ2v) is 4.99. The van der Waals surface area contributed by atoms with Crippen LogP contribution in [0, 0.1) is 0 Å². The maximum Gasteiger partial charge on any atom is 0.0538 e. The molecule has 1 aromatic heterocycles. The number of rotatable bonds is 6. The molecule has 0 aromatic carbocycles. The second kappa shape index (κ2) is 5.65. The molecule has 0 saturated heterocycles. The van der Waals surface area contributed by atoms with E-state index in [-0.39, 0.29) is 11.6 Å². The molecule has 0 bridgehead atoms. The molecule has 0 spiro atoms. The Balaban J connectivity index is 3.00. The molecule has 4 nitrogen and oxygen atoms in total. The molecular formula is C13H26N4. The maximum atomic E-state index is 4.27. The van der Waals surface area contributed by atoms with Crippen molar-refractivity contribution in [1.29, 1.82) is 0 Å². The number of hydrogen-bond donors (Lipinski definition) is 1. The second-order valence-electron chi connectivity index (χ2n) is 4.99. The van der Waals surface area contributed by atoms with Gasteiger partial charge in [-0.25, -0.2) is 0 Å². The number of aromatic nitrogens is 2. The van der Waals surface area contributed by atoms with Gasteiger partial charge in [0, 0.05) is 24.3 Å². The molecule has 0 radical (unpaired) electrons. The Bertz CT molecular complexity index is 339. The Morgan fingerprint density at radius 1 is 1.41 bits per heavy atom. The summed E-state index contributed by atoms with van der Waals surface area (Å²) in [5.41, 5.74) is 1.31. The lowest BCUT2D eigenvalue weighted by Crippen LogP contribution is -2.51. The summed E-state index contributed by atoms with van der Waals surface area (Å²) >= 11 is 0. The van der Waals surface area contributed by atoms with Gasteiger partial charge in [0.15, 0.2) is 0 Å². The molecule has 0 aliphatic rings. The third-order valence-electron chi connectivity index (χ3n) is 3.63. The van der Waals surface area contributed by atoms with E-state index in [0.29, 0.717) is 0 Å². The highest BCUT2D eigenvalue weighted by Crippen LogP contribution is 2.30. The Morgan fingerprint density at radius 3 is 2.35 bits per heavy atom. The van der Waals surface area contributed by atoms with Gasteiger partial charge in [-0.15, -0.1) is 0 Å². The third kappa shape index (κ3) is 2.87. The molecule has 98 valence electrons. The normalized spacial score (nSPS) is 14.3. The Hall–Kier alpha value is -0.870. The SMILES string of the molecule is CCN(CC)C(C)(C)C(NC)c1cnn(C)c1.